The van der Waals surface area contributed by atoms with E-state index < -0.39 is 14.7 Å². The monoisotopic (exact) mass is 438 g/mol. The van der Waals surface area contributed by atoms with Gasteiger partial charge in [0.25, 0.3) is 0 Å². The fourth-order valence-corrected chi connectivity index (χ4v) is 8.52. The third-order valence-electron chi connectivity index (χ3n) is 4.22. The van der Waals surface area contributed by atoms with Gasteiger partial charge in [-0.25, -0.2) is 0 Å². The molecule has 0 unspecified atom stereocenters. The molecule has 3 nitrogen and oxygen atoms in total. The van der Waals surface area contributed by atoms with Crippen LogP contribution in [0.15, 0.2) is 72.8 Å². The van der Waals surface area contributed by atoms with E-state index in [2.05, 4.69) is 54.6 Å². The summed E-state index contributed by atoms with van der Waals surface area (Å²) in [4.78, 5) is 0. The molecule has 0 heterocycles. The first-order valence-corrected chi connectivity index (χ1v) is 12.6. The molecule has 0 bridgehead atoms. The van der Waals surface area contributed by atoms with Crippen LogP contribution >= 0.6 is 0 Å². The molecule has 146 valence electrons. The van der Waals surface area contributed by atoms with Crippen molar-refractivity contribution in [2.24, 2.45) is 0 Å². The van der Waals surface area contributed by atoms with Crippen LogP contribution in [0.5, 0.6) is 17.2 Å². The second-order valence-electron chi connectivity index (χ2n) is 6.04. The second-order valence-corrected chi connectivity index (χ2v) is 10.5. The summed E-state index contributed by atoms with van der Waals surface area (Å²) in [6.07, 6.45) is 0. The summed E-state index contributed by atoms with van der Waals surface area (Å²) in [5.41, 5.74) is 0. The van der Waals surface area contributed by atoms with Crippen molar-refractivity contribution >= 4 is 27.7 Å². The predicted octanol–water partition coefficient (Wildman–Crippen LogP) is 3.40. The Morgan fingerprint density at radius 2 is 0.786 bits per heavy atom. The molecule has 0 N–H and O–H groups in total. The quantitative estimate of drug-likeness (QED) is 0.480. The minimum absolute atomic E-state index is 0.638. The molecule has 4 heteroatoms. The number of ether oxygens (including phenoxy) is 3. The molecule has 0 radical (unpaired) electrons. The van der Waals surface area contributed by atoms with Gasteiger partial charge in [0.15, 0.2) is 0 Å². The first kappa shape index (κ1) is 20.4. The predicted molar refractivity (Wildman–Crippen MR) is 117 cm³/mol. The number of hydrogen-bond acceptors (Lipinski definition) is 3. The Morgan fingerprint density at radius 3 is 1.07 bits per heavy atom. The average Bonchev–Trinajstić information content (AvgIpc) is 2.72. The summed E-state index contributed by atoms with van der Waals surface area (Å²) >= 11 is -1.99. The van der Waals surface area contributed by atoms with Crippen LogP contribution in [0.4, 0.5) is 0 Å². The summed E-state index contributed by atoms with van der Waals surface area (Å²) in [6.45, 7) is 7.99. The second kappa shape index (κ2) is 10.2. The van der Waals surface area contributed by atoms with Crippen molar-refractivity contribution in [3.05, 3.63) is 72.8 Å². The number of benzene rings is 3. The molecule has 0 amide bonds. The van der Waals surface area contributed by atoms with Crippen LogP contribution in [0.25, 0.3) is 0 Å². The van der Waals surface area contributed by atoms with Gasteiger partial charge in [0.1, 0.15) is 0 Å². The first-order valence-electron chi connectivity index (χ1n) is 9.75. The molecule has 0 aromatic heterocycles. The Balaban J connectivity index is 2.25. The van der Waals surface area contributed by atoms with Crippen molar-refractivity contribution in [2.75, 3.05) is 19.8 Å². The molecule has 0 aliphatic rings. The van der Waals surface area contributed by atoms with E-state index >= 15 is 0 Å². The zero-order chi connectivity index (χ0) is 19.8. The van der Waals surface area contributed by atoms with E-state index in [1.54, 1.807) is 0 Å². The van der Waals surface area contributed by atoms with Gasteiger partial charge in [-0.15, -0.1) is 0 Å². The zero-order valence-corrected chi connectivity index (χ0v) is 18.6. The summed E-state index contributed by atoms with van der Waals surface area (Å²) < 4.78 is 21.8. The van der Waals surface area contributed by atoms with Crippen LogP contribution in [0.1, 0.15) is 20.8 Å². The molecule has 0 saturated carbocycles. The maximum atomic E-state index is 6.02. The van der Waals surface area contributed by atoms with Gasteiger partial charge in [-0.2, -0.15) is 0 Å². The molecule has 0 aliphatic carbocycles. The first-order chi connectivity index (χ1) is 13.8. The van der Waals surface area contributed by atoms with Crippen LogP contribution in [-0.2, 0) is 0 Å². The SMILES string of the molecule is CCOc1ccccc1[As](c1ccccc1OCC)c1ccccc1OCC. The Morgan fingerprint density at radius 1 is 0.500 bits per heavy atom. The van der Waals surface area contributed by atoms with Gasteiger partial charge in [0.2, 0.25) is 0 Å². The summed E-state index contributed by atoms with van der Waals surface area (Å²) in [5, 5.41) is 0. The molecule has 0 atom stereocenters. The fraction of sp³-hybridized carbons (Fsp3) is 0.250. The minimum atomic E-state index is -1.99. The number of rotatable bonds is 9. The fourth-order valence-electron chi connectivity index (χ4n) is 3.15. The van der Waals surface area contributed by atoms with E-state index in [4.69, 9.17) is 14.2 Å². The van der Waals surface area contributed by atoms with E-state index in [-0.39, 0.29) is 0 Å². The topological polar surface area (TPSA) is 27.7 Å². The molecule has 0 fully saturated rings. The van der Waals surface area contributed by atoms with E-state index in [0.29, 0.717) is 19.8 Å². The van der Waals surface area contributed by atoms with E-state index in [1.807, 2.05) is 39.0 Å². The average molecular weight is 438 g/mol. The summed E-state index contributed by atoms with van der Waals surface area (Å²) in [5.74, 6) is 2.84. The Bertz CT molecular complexity index is 777. The summed E-state index contributed by atoms with van der Waals surface area (Å²) in [7, 11) is 0. The van der Waals surface area contributed by atoms with E-state index in [0.717, 1.165) is 17.2 Å². The van der Waals surface area contributed by atoms with Gasteiger partial charge in [-0.05, 0) is 0 Å². The molecular weight excluding hydrogens is 411 g/mol. The molecule has 3 aromatic carbocycles. The van der Waals surface area contributed by atoms with Gasteiger partial charge < -0.3 is 0 Å². The van der Waals surface area contributed by atoms with Crippen molar-refractivity contribution < 1.29 is 14.2 Å². The van der Waals surface area contributed by atoms with Crippen LogP contribution in [0.2, 0.25) is 0 Å². The molecule has 0 aliphatic heterocycles. The third kappa shape index (κ3) is 4.53. The van der Waals surface area contributed by atoms with Crippen molar-refractivity contribution in [2.45, 2.75) is 20.8 Å². The van der Waals surface area contributed by atoms with Crippen molar-refractivity contribution in [1.82, 2.24) is 0 Å². The molecule has 3 aromatic rings. The van der Waals surface area contributed by atoms with Gasteiger partial charge in [0, 0.05) is 0 Å². The molecule has 28 heavy (non-hydrogen) atoms. The van der Waals surface area contributed by atoms with Crippen LogP contribution in [-0.4, -0.2) is 34.5 Å². The molecule has 3 rings (SSSR count). The maximum absolute atomic E-state index is 6.02. The molecule has 0 saturated heterocycles. The molecular formula is C24H27AsO3. The standard InChI is InChI=1S/C24H27AsO3/c1-4-26-22-16-10-7-13-19(22)25(20-14-8-11-17-23(20)27-5-2)21-15-9-12-18-24(21)28-6-3/h7-18H,4-6H2,1-3H3. The molecule has 0 spiro atoms. The normalized spacial score (nSPS) is 10.7. The third-order valence-corrected chi connectivity index (χ3v) is 9.58. The van der Waals surface area contributed by atoms with Gasteiger partial charge >= 0.3 is 173 Å². The van der Waals surface area contributed by atoms with Crippen molar-refractivity contribution in [3.63, 3.8) is 0 Å². The number of hydrogen-bond donors (Lipinski definition) is 0. The van der Waals surface area contributed by atoms with Gasteiger partial charge in [-0.1, -0.05) is 0 Å². The van der Waals surface area contributed by atoms with Gasteiger partial charge in [-0.3, -0.25) is 0 Å². The Hall–Kier alpha value is -2.38. The van der Waals surface area contributed by atoms with Crippen molar-refractivity contribution in [1.29, 1.82) is 0 Å². The van der Waals surface area contributed by atoms with Gasteiger partial charge in [0.05, 0.1) is 0 Å². The van der Waals surface area contributed by atoms with E-state index in [9.17, 15) is 0 Å². The van der Waals surface area contributed by atoms with Crippen LogP contribution < -0.4 is 27.3 Å². The zero-order valence-electron chi connectivity index (χ0n) is 16.7. The Labute approximate surface area is 172 Å². The van der Waals surface area contributed by atoms with Crippen LogP contribution in [0.3, 0.4) is 0 Å². The summed E-state index contributed by atoms with van der Waals surface area (Å²) in [6, 6.07) is 25.1. The van der Waals surface area contributed by atoms with E-state index in [1.165, 1.54) is 13.1 Å². The Kier molecular flexibility index (Phi) is 7.45. The van der Waals surface area contributed by atoms with Crippen LogP contribution in [0, 0.1) is 0 Å². The number of para-hydroxylation sites is 3. The van der Waals surface area contributed by atoms with Crippen molar-refractivity contribution in [3.8, 4) is 17.2 Å².